The molecule has 0 fully saturated rings. The van der Waals surface area contributed by atoms with Crippen LogP contribution in [0.4, 0.5) is 5.69 Å². The van der Waals surface area contributed by atoms with Crippen LogP contribution in [0, 0.1) is 0 Å². The van der Waals surface area contributed by atoms with Crippen LogP contribution in [-0.2, 0) is 0 Å². The van der Waals surface area contributed by atoms with E-state index in [9.17, 15) is 0 Å². The van der Waals surface area contributed by atoms with Crippen molar-refractivity contribution >= 4 is 11.9 Å². The van der Waals surface area contributed by atoms with Crippen LogP contribution < -0.4 is 9.64 Å². The lowest BCUT2D eigenvalue weighted by Gasteiger charge is -2.27. The van der Waals surface area contributed by atoms with Crippen LogP contribution in [0.15, 0.2) is 23.4 Å². The minimum Gasteiger partial charge on any atom is -0.490 e. The number of anilines is 1. The Kier molecular flexibility index (Phi) is 2.26. The summed E-state index contributed by atoms with van der Waals surface area (Å²) in [7, 11) is 2.03. The highest BCUT2D eigenvalue weighted by molar-refractivity contribution is 5.81. The van der Waals surface area contributed by atoms with Gasteiger partial charge in [-0.15, -0.1) is 0 Å². The summed E-state index contributed by atoms with van der Waals surface area (Å²) in [5.41, 5.74) is 1.91. The van der Waals surface area contributed by atoms with E-state index in [1.807, 2.05) is 25.2 Å². The number of hydrogen-bond donors (Lipinski definition) is 1. The monoisotopic (exact) mass is 192 g/mol. The van der Waals surface area contributed by atoms with Gasteiger partial charge in [-0.3, -0.25) is 0 Å². The van der Waals surface area contributed by atoms with Crippen molar-refractivity contribution in [3.63, 3.8) is 0 Å². The molecule has 1 aliphatic rings. The largest absolute Gasteiger partial charge is 0.490 e. The number of likely N-dealkylation sites (N-methyl/N-ethyl adjacent to an activating group) is 1. The zero-order valence-electron chi connectivity index (χ0n) is 7.97. The molecule has 74 valence electrons. The summed E-state index contributed by atoms with van der Waals surface area (Å²) < 4.78 is 5.50. The van der Waals surface area contributed by atoms with Crippen molar-refractivity contribution in [3.8, 4) is 5.75 Å². The van der Waals surface area contributed by atoms with Crippen molar-refractivity contribution in [1.82, 2.24) is 0 Å². The predicted octanol–water partition coefficient (Wildman–Crippen LogP) is 1.32. The summed E-state index contributed by atoms with van der Waals surface area (Å²) in [6.07, 6.45) is 1.39. The molecule has 2 rings (SSSR count). The molecule has 4 nitrogen and oxygen atoms in total. The quantitative estimate of drug-likeness (QED) is 0.414. The molecule has 0 amide bonds. The second kappa shape index (κ2) is 3.57. The van der Waals surface area contributed by atoms with Crippen molar-refractivity contribution in [2.24, 2.45) is 5.16 Å². The summed E-state index contributed by atoms with van der Waals surface area (Å²) in [5.74, 6) is 0.844. The fourth-order valence-electron chi connectivity index (χ4n) is 1.52. The molecule has 1 heterocycles. The van der Waals surface area contributed by atoms with Gasteiger partial charge in [-0.25, -0.2) is 0 Å². The molecule has 1 N–H and O–H groups in total. The third-order valence-electron chi connectivity index (χ3n) is 2.29. The number of hydrogen-bond acceptors (Lipinski definition) is 4. The maximum atomic E-state index is 8.39. The Morgan fingerprint density at radius 2 is 2.43 bits per heavy atom. The van der Waals surface area contributed by atoms with E-state index in [4.69, 9.17) is 9.94 Å². The fraction of sp³-hybridized carbons (Fsp3) is 0.300. The molecule has 0 atom stereocenters. The van der Waals surface area contributed by atoms with E-state index in [2.05, 4.69) is 10.1 Å². The van der Waals surface area contributed by atoms with Gasteiger partial charge in [-0.2, -0.15) is 0 Å². The molecule has 1 aromatic carbocycles. The lowest BCUT2D eigenvalue weighted by atomic mass is 10.1. The smallest absolute Gasteiger partial charge is 0.143 e. The van der Waals surface area contributed by atoms with Gasteiger partial charge in [-0.1, -0.05) is 11.2 Å². The number of fused-ring (bicyclic) bond motifs is 1. The van der Waals surface area contributed by atoms with E-state index in [0.717, 1.165) is 23.5 Å². The molecular weight excluding hydrogens is 180 g/mol. The average molecular weight is 192 g/mol. The maximum absolute atomic E-state index is 8.39. The van der Waals surface area contributed by atoms with Crippen LogP contribution in [0.1, 0.15) is 5.56 Å². The Morgan fingerprint density at radius 1 is 1.57 bits per heavy atom. The molecule has 14 heavy (non-hydrogen) atoms. The molecule has 0 bridgehead atoms. The van der Waals surface area contributed by atoms with Crippen LogP contribution in [0.25, 0.3) is 0 Å². The van der Waals surface area contributed by atoms with E-state index in [-0.39, 0.29) is 0 Å². The normalized spacial score (nSPS) is 15.4. The van der Waals surface area contributed by atoms with Crippen molar-refractivity contribution < 1.29 is 9.94 Å². The molecule has 1 aliphatic heterocycles. The van der Waals surface area contributed by atoms with Crippen LogP contribution in [0.5, 0.6) is 5.75 Å². The fourth-order valence-corrected chi connectivity index (χ4v) is 1.52. The predicted molar refractivity (Wildman–Crippen MR) is 54.6 cm³/mol. The first kappa shape index (κ1) is 8.87. The lowest BCUT2D eigenvalue weighted by Crippen LogP contribution is -2.28. The molecule has 0 aliphatic carbocycles. The maximum Gasteiger partial charge on any atom is 0.143 e. The van der Waals surface area contributed by atoms with Gasteiger partial charge in [-0.05, 0) is 17.7 Å². The molecule has 0 radical (unpaired) electrons. The standard InChI is InChI=1S/C10H12N2O2/c1-12-4-5-14-10-6-8(7-11-13)2-3-9(10)12/h2-3,6-7,13H,4-5H2,1H3/b11-7-. The molecule has 4 heteroatoms. The molecule has 0 unspecified atom stereocenters. The van der Waals surface area contributed by atoms with Crippen LogP contribution >= 0.6 is 0 Å². The third-order valence-corrected chi connectivity index (χ3v) is 2.29. The summed E-state index contributed by atoms with van der Waals surface area (Å²) in [5, 5.41) is 11.4. The highest BCUT2D eigenvalue weighted by Crippen LogP contribution is 2.30. The van der Waals surface area contributed by atoms with Crippen LogP contribution in [0.3, 0.4) is 0 Å². The van der Waals surface area contributed by atoms with Gasteiger partial charge in [0.1, 0.15) is 12.4 Å². The minimum absolute atomic E-state index is 0.698. The molecule has 0 saturated carbocycles. The molecule has 0 spiro atoms. The van der Waals surface area contributed by atoms with E-state index in [1.54, 1.807) is 0 Å². The summed E-state index contributed by atoms with van der Waals surface area (Å²) in [6, 6.07) is 5.72. The van der Waals surface area contributed by atoms with Gasteiger partial charge >= 0.3 is 0 Å². The first-order chi connectivity index (χ1) is 6.81. The topological polar surface area (TPSA) is 45.1 Å². The number of rotatable bonds is 1. The average Bonchev–Trinajstić information content (AvgIpc) is 2.18. The Morgan fingerprint density at radius 3 is 3.21 bits per heavy atom. The SMILES string of the molecule is CN1CCOc2cc(/C=N\O)ccc21. The number of ether oxygens (including phenoxy) is 1. The second-order valence-electron chi connectivity index (χ2n) is 3.24. The van der Waals surface area contributed by atoms with E-state index < -0.39 is 0 Å². The van der Waals surface area contributed by atoms with Gasteiger partial charge in [0, 0.05) is 7.05 Å². The third kappa shape index (κ3) is 1.51. The minimum atomic E-state index is 0.698. The second-order valence-corrected chi connectivity index (χ2v) is 3.24. The molecule has 0 saturated heterocycles. The number of nitrogens with zero attached hydrogens (tertiary/aromatic N) is 2. The van der Waals surface area contributed by atoms with E-state index in [1.165, 1.54) is 6.21 Å². The van der Waals surface area contributed by atoms with Crippen molar-refractivity contribution in [1.29, 1.82) is 0 Å². The van der Waals surface area contributed by atoms with E-state index in [0.29, 0.717) is 6.61 Å². The van der Waals surface area contributed by atoms with Crippen LogP contribution in [0.2, 0.25) is 0 Å². The Bertz CT molecular complexity index is 363. The van der Waals surface area contributed by atoms with Crippen molar-refractivity contribution in [2.45, 2.75) is 0 Å². The summed E-state index contributed by atoms with van der Waals surface area (Å²) in [4.78, 5) is 2.14. The number of benzene rings is 1. The first-order valence-corrected chi connectivity index (χ1v) is 4.46. The van der Waals surface area contributed by atoms with Gasteiger partial charge in [0.2, 0.25) is 0 Å². The van der Waals surface area contributed by atoms with Gasteiger partial charge in [0.15, 0.2) is 0 Å². The zero-order valence-corrected chi connectivity index (χ0v) is 7.97. The molecule has 0 aromatic heterocycles. The molecule has 1 aromatic rings. The van der Waals surface area contributed by atoms with Gasteiger partial charge < -0.3 is 14.8 Å². The summed E-state index contributed by atoms with van der Waals surface area (Å²) in [6.45, 7) is 1.60. The highest BCUT2D eigenvalue weighted by atomic mass is 16.5. The zero-order chi connectivity index (χ0) is 9.97. The Labute approximate surface area is 82.4 Å². The Hall–Kier alpha value is -1.71. The van der Waals surface area contributed by atoms with Crippen molar-refractivity contribution in [2.75, 3.05) is 25.1 Å². The van der Waals surface area contributed by atoms with E-state index >= 15 is 0 Å². The first-order valence-electron chi connectivity index (χ1n) is 4.46. The summed E-state index contributed by atoms with van der Waals surface area (Å²) >= 11 is 0. The Balaban J connectivity index is 2.38. The lowest BCUT2D eigenvalue weighted by molar-refractivity contribution is 0.311. The number of oxime groups is 1. The van der Waals surface area contributed by atoms with Gasteiger partial charge in [0.25, 0.3) is 0 Å². The van der Waals surface area contributed by atoms with Gasteiger partial charge in [0.05, 0.1) is 18.4 Å². The van der Waals surface area contributed by atoms with Crippen LogP contribution in [-0.4, -0.2) is 31.6 Å². The molecular formula is C10H12N2O2. The van der Waals surface area contributed by atoms with Crippen molar-refractivity contribution in [3.05, 3.63) is 23.8 Å². The highest BCUT2D eigenvalue weighted by Gasteiger charge is 2.14.